The van der Waals surface area contributed by atoms with Gasteiger partial charge in [0.1, 0.15) is 11.7 Å². The minimum atomic E-state index is -2.14. The lowest BCUT2D eigenvalue weighted by atomic mass is 9.83. The Hall–Kier alpha value is -3.42. The molecule has 2 atom stereocenters. The van der Waals surface area contributed by atoms with Gasteiger partial charge in [-0.15, -0.1) is 0 Å². The van der Waals surface area contributed by atoms with E-state index in [9.17, 15) is 19.5 Å². The highest BCUT2D eigenvalue weighted by Crippen LogP contribution is 2.32. The maximum Gasteiger partial charge on any atom is 0.345 e. The first-order valence-electron chi connectivity index (χ1n) is 7.77. The molecule has 1 aromatic heterocycles. The van der Waals surface area contributed by atoms with Crippen molar-refractivity contribution in [2.75, 3.05) is 13.1 Å². The summed E-state index contributed by atoms with van der Waals surface area (Å²) in [5.41, 5.74) is 4.07. The van der Waals surface area contributed by atoms with Gasteiger partial charge in [0, 0.05) is 12.1 Å². The third-order valence-corrected chi connectivity index (χ3v) is 4.26. The van der Waals surface area contributed by atoms with Crippen molar-refractivity contribution < 1.29 is 23.9 Å². The summed E-state index contributed by atoms with van der Waals surface area (Å²) in [6.07, 6.45) is 8.85. The fourth-order valence-corrected chi connectivity index (χ4v) is 2.91. The topological polar surface area (TPSA) is 129 Å². The van der Waals surface area contributed by atoms with E-state index in [2.05, 4.69) is 5.10 Å². The summed E-state index contributed by atoms with van der Waals surface area (Å²) < 4.78 is 5.10. The Balaban J connectivity index is 1.88. The number of urea groups is 1. The van der Waals surface area contributed by atoms with E-state index in [-0.39, 0.29) is 18.7 Å². The molecule has 9 heteroatoms. The van der Waals surface area contributed by atoms with Crippen molar-refractivity contribution in [1.82, 2.24) is 9.91 Å². The molecule has 1 saturated heterocycles. The Bertz CT molecular complexity index is 851. The summed E-state index contributed by atoms with van der Waals surface area (Å²) >= 11 is 0. The third kappa shape index (κ3) is 2.85. The first kappa shape index (κ1) is 17.4. The van der Waals surface area contributed by atoms with Crippen molar-refractivity contribution in [2.24, 2.45) is 16.8 Å². The number of hydrogen-bond acceptors (Lipinski definition) is 6. The molecule has 0 saturated carbocycles. The summed E-state index contributed by atoms with van der Waals surface area (Å²) in [7, 11) is 0. The largest absolute Gasteiger partial charge is 0.478 e. The first-order chi connectivity index (χ1) is 12.5. The lowest BCUT2D eigenvalue weighted by Gasteiger charge is -2.39. The number of allylic oxidation sites excluding steroid dienone is 3. The number of furan rings is 1. The number of nitrogens with zero attached hydrogens (tertiary/aromatic N) is 3. The number of rotatable bonds is 5. The van der Waals surface area contributed by atoms with Crippen LogP contribution in [0.4, 0.5) is 4.79 Å². The zero-order valence-corrected chi connectivity index (χ0v) is 13.6. The molecule has 2 amide bonds. The van der Waals surface area contributed by atoms with E-state index >= 15 is 0 Å². The quantitative estimate of drug-likeness (QED) is 0.587. The highest BCUT2D eigenvalue weighted by molar-refractivity contribution is 5.89. The van der Waals surface area contributed by atoms with Crippen LogP contribution in [0.1, 0.15) is 5.76 Å². The number of hydrazone groups is 1. The molecule has 1 aliphatic heterocycles. The molecule has 1 aliphatic carbocycles. The Morgan fingerprint density at radius 1 is 1.46 bits per heavy atom. The molecule has 3 N–H and O–H groups in total. The van der Waals surface area contributed by atoms with Crippen molar-refractivity contribution in [3.05, 3.63) is 54.0 Å². The molecular formula is C17H16N4O5. The van der Waals surface area contributed by atoms with Crippen LogP contribution in [0, 0.1) is 5.92 Å². The molecule has 3 rings (SSSR count). The van der Waals surface area contributed by atoms with Gasteiger partial charge in [-0.1, -0.05) is 18.2 Å². The molecule has 0 spiro atoms. The van der Waals surface area contributed by atoms with E-state index in [1.165, 1.54) is 24.6 Å². The monoisotopic (exact) mass is 356 g/mol. The number of carbonyl (C=O) groups excluding carboxylic acids is 2. The van der Waals surface area contributed by atoms with E-state index in [1.54, 1.807) is 30.2 Å². The molecule has 134 valence electrons. The van der Waals surface area contributed by atoms with Crippen LogP contribution in [0.15, 0.2) is 57.8 Å². The molecule has 2 unspecified atom stereocenters. The second kappa shape index (κ2) is 6.83. The SMILES string of the molecule is NC(C(=O)O)(C1C=CC=CC1=C=O)N1CCN(N=Cc2ccco2)C1=O. The van der Waals surface area contributed by atoms with E-state index in [1.807, 2.05) is 0 Å². The van der Waals surface area contributed by atoms with Gasteiger partial charge in [0.2, 0.25) is 5.66 Å². The fraction of sp³-hybridized carbons (Fsp3) is 0.235. The molecule has 0 bridgehead atoms. The highest BCUT2D eigenvalue weighted by Gasteiger charge is 2.53. The molecule has 26 heavy (non-hydrogen) atoms. The molecule has 9 nitrogen and oxygen atoms in total. The molecule has 2 aliphatic rings. The second-order valence-corrected chi connectivity index (χ2v) is 5.73. The molecule has 0 radical (unpaired) electrons. The summed E-state index contributed by atoms with van der Waals surface area (Å²) in [6, 6.07) is 2.66. The number of amides is 2. The predicted octanol–water partition coefficient (Wildman–Crippen LogP) is 0.591. The molecular weight excluding hydrogens is 340 g/mol. The lowest BCUT2D eigenvalue weighted by Crippen LogP contribution is -2.66. The number of carboxylic acid groups (broad SMARTS) is 1. The first-order valence-corrected chi connectivity index (χ1v) is 7.77. The van der Waals surface area contributed by atoms with E-state index in [0.29, 0.717) is 5.76 Å². The summed E-state index contributed by atoms with van der Waals surface area (Å²) in [6.45, 7) is 0.187. The van der Waals surface area contributed by atoms with Gasteiger partial charge in [0.05, 0.1) is 24.9 Å². The van der Waals surface area contributed by atoms with Gasteiger partial charge in [0.15, 0.2) is 0 Å². The normalized spacial score (nSPS) is 22.1. The maximum atomic E-state index is 12.7. The Kier molecular flexibility index (Phi) is 4.57. The van der Waals surface area contributed by atoms with Crippen LogP contribution in [-0.4, -0.2) is 57.9 Å². The minimum Gasteiger partial charge on any atom is -0.478 e. The lowest BCUT2D eigenvalue weighted by molar-refractivity contribution is -0.150. The zero-order valence-electron chi connectivity index (χ0n) is 13.6. The Labute approximate surface area is 148 Å². The van der Waals surface area contributed by atoms with Gasteiger partial charge >= 0.3 is 12.0 Å². The van der Waals surface area contributed by atoms with E-state index in [0.717, 1.165) is 9.91 Å². The predicted molar refractivity (Wildman–Crippen MR) is 90.6 cm³/mol. The van der Waals surface area contributed by atoms with Gasteiger partial charge < -0.3 is 9.52 Å². The number of hydrogen-bond donors (Lipinski definition) is 2. The minimum absolute atomic E-state index is 0.0390. The van der Waals surface area contributed by atoms with E-state index in [4.69, 9.17) is 10.2 Å². The standard InChI is InChI=1S/C17H16N4O5/c18-17(15(23)24,14-6-2-1-4-12(14)11-22)20-7-8-21(16(20)25)19-10-13-5-3-9-26-13/h1-6,9-10,14H,7-8,18H2,(H,23,24). The smallest absolute Gasteiger partial charge is 0.345 e. The van der Waals surface area contributed by atoms with Gasteiger partial charge in [0.25, 0.3) is 0 Å². The molecule has 2 heterocycles. The molecule has 1 aromatic rings. The van der Waals surface area contributed by atoms with Crippen LogP contribution in [0.25, 0.3) is 0 Å². The summed E-state index contributed by atoms with van der Waals surface area (Å²) in [4.78, 5) is 36.8. The molecule has 0 aromatic carbocycles. The Morgan fingerprint density at radius 3 is 2.92 bits per heavy atom. The number of aliphatic carboxylic acids is 1. The number of carbonyl (C=O) groups is 2. The maximum absolute atomic E-state index is 12.7. The van der Waals surface area contributed by atoms with Crippen molar-refractivity contribution in [1.29, 1.82) is 0 Å². The average molecular weight is 356 g/mol. The van der Waals surface area contributed by atoms with Crippen LogP contribution in [0.3, 0.4) is 0 Å². The molecule has 1 fully saturated rings. The van der Waals surface area contributed by atoms with Gasteiger partial charge in [-0.05, 0) is 18.2 Å². The second-order valence-electron chi connectivity index (χ2n) is 5.73. The van der Waals surface area contributed by atoms with Crippen LogP contribution in [0.5, 0.6) is 0 Å². The van der Waals surface area contributed by atoms with E-state index < -0.39 is 23.6 Å². The van der Waals surface area contributed by atoms with Crippen LogP contribution in [-0.2, 0) is 9.59 Å². The summed E-state index contributed by atoms with van der Waals surface area (Å²) in [5, 5.41) is 14.9. The van der Waals surface area contributed by atoms with Crippen molar-refractivity contribution in [3.8, 4) is 0 Å². The third-order valence-electron chi connectivity index (χ3n) is 4.26. The highest BCUT2D eigenvalue weighted by atomic mass is 16.4. The van der Waals surface area contributed by atoms with Crippen LogP contribution in [0.2, 0.25) is 0 Å². The van der Waals surface area contributed by atoms with Crippen molar-refractivity contribution in [2.45, 2.75) is 5.66 Å². The summed E-state index contributed by atoms with van der Waals surface area (Å²) in [5.74, 6) is -0.314. The number of carboxylic acids is 1. The Morgan fingerprint density at radius 2 is 2.27 bits per heavy atom. The average Bonchev–Trinajstić information content (AvgIpc) is 3.29. The van der Waals surface area contributed by atoms with Gasteiger partial charge in [-0.3, -0.25) is 10.6 Å². The number of nitrogens with two attached hydrogens (primary N) is 1. The van der Waals surface area contributed by atoms with Crippen LogP contribution >= 0.6 is 0 Å². The zero-order chi connectivity index (χ0) is 18.7. The van der Waals surface area contributed by atoms with Gasteiger partial charge in [-0.2, -0.15) is 5.10 Å². The van der Waals surface area contributed by atoms with Crippen molar-refractivity contribution in [3.63, 3.8) is 0 Å². The van der Waals surface area contributed by atoms with Crippen LogP contribution < -0.4 is 5.73 Å². The van der Waals surface area contributed by atoms with Gasteiger partial charge in [-0.25, -0.2) is 19.4 Å². The fourth-order valence-electron chi connectivity index (χ4n) is 2.91. The van der Waals surface area contributed by atoms with Crippen molar-refractivity contribution >= 4 is 24.2 Å².